The fourth-order valence-corrected chi connectivity index (χ4v) is 2.36. The van der Waals surface area contributed by atoms with Crippen LogP contribution in [0.4, 0.5) is 0 Å². The van der Waals surface area contributed by atoms with Crippen molar-refractivity contribution < 1.29 is 9.53 Å². The van der Waals surface area contributed by atoms with Crippen molar-refractivity contribution in [1.82, 2.24) is 5.32 Å². The molecule has 0 aromatic heterocycles. The van der Waals surface area contributed by atoms with E-state index < -0.39 is 5.41 Å². The van der Waals surface area contributed by atoms with E-state index in [2.05, 4.69) is 17.4 Å². The molecular weight excluding hydrogens is 240 g/mol. The number of carbonyl (C=O) groups excluding carboxylic acids is 1. The summed E-state index contributed by atoms with van der Waals surface area (Å²) in [4.78, 5) is 12.3. The van der Waals surface area contributed by atoms with Gasteiger partial charge in [-0.3, -0.25) is 4.79 Å². The number of aryl methyl sites for hydroxylation is 1. The molecule has 0 aliphatic carbocycles. The molecule has 1 fully saturated rings. The van der Waals surface area contributed by atoms with Gasteiger partial charge in [-0.05, 0) is 25.3 Å². The highest BCUT2D eigenvalue weighted by atomic mass is 16.5. The molecule has 4 nitrogen and oxygen atoms in total. The summed E-state index contributed by atoms with van der Waals surface area (Å²) in [5.74, 6) is 0.0545. The van der Waals surface area contributed by atoms with E-state index in [-0.39, 0.29) is 5.91 Å². The summed E-state index contributed by atoms with van der Waals surface area (Å²) in [7, 11) is 0. The minimum Gasteiger partial charge on any atom is -0.381 e. The van der Waals surface area contributed by atoms with E-state index in [0.29, 0.717) is 39.1 Å². The molecule has 0 spiro atoms. The van der Waals surface area contributed by atoms with Gasteiger partial charge >= 0.3 is 0 Å². The molecule has 0 saturated carbocycles. The van der Waals surface area contributed by atoms with Crippen molar-refractivity contribution in [3.8, 4) is 0 Å². The predicted molar refractivity (Wildman–Crippen MR) is 74.6 cm³/mol. The van der Waals surface area contributed by atoms with E-state index in [1.807, 2.05) is 19.1 Å². The van der Waals surface area contributed by atoms with E-state index in [9.17, 15) is 4.79 Å². The Balaban J connectivity index is 1.94. The summed E-state index contributed by atoms with van der Waals surface area (Å²) in [5, 5.41) is 3.01. The maximum Gasteiger partial charge on any atom is 0.227 e. The van der Waals surface area contributed by atoms with Crippen LogP contribution in [0.1, 0.15) is 24.0 Å². The first kappa shape index (κ1) is 14.0. The van der Waals surface area contributed by atoms with Crippen LogP contribution >= 0.6 is 0 Å². The molecule has 0 bridgehead atoms. The summed E-state index contributed by atoms with van der Waals surface area (Å²) in [6.07, 6.45) is 1.42. The molecule has 1 amide bonds. The lowest BCUT2D eigenvalue weighted by atomic mass is 9.79. The van der Waals surface area contributed by atoms with E-state index in [4.69, 9.17) is 10.5 Å². The average Bonchev–Trinajstić information content (AvgIpc) is 2.47. The van der Waals surface area contributed by atoms with Crippen molar-refractivity contribution in [1.29, 1.82) is 0 Å². The molecule has 1 aromatic rings. The zero-order chi connectivity index (χ0) is 13.7. The number of nitrogens with two attached hydrogens (primary N) is 1. The molecule has 19 heavy (non-hydrogen) atoms. The Labute approximate surface area is 114 Å². The van der Waals surface area contributed by atoms with E-state index >= 15 is 0 Å². The first-order chi connectivity index (χ1) is 9.16. The highest BCUT2D eigenvalue weighted by Gasteiger charge is 2.38. The number of hydrogen-bond donors (Lipinski definition) is 2. The molecule has 3 N–H and O–H groups in total. The molecule has 1 aromatic carbocycles. The molecule has 2 rings (SSSR count). The zero-order valence-corrected chi connectivity index (χ0v) is 11.4. The molecule has 1 heterocycles. The van der Waals surface area contributed by atoms with Gasteiger partial charge in [0.05, 0.1) is 5.41 Å². The van der Waals surface area contributed by atoms with Crippen LogP contribution in [0, 0.1) is 12.3 Å². The number of carbonyl (C=O) groups is 1. The van der Waals surface area contributed by atoms with Gasteiger partial charge in [0.25, 0.3) is 0 Å². The lowest BCUT2D eigenvalue weighted by molar-refractivity contribution is -0.136. The average molecular weight is 262 g/mol. The number of rotatable bonds is 4. The fraction of sp³-hybridized carbons (Fsp3) is 0.533. The monoisotopic (exact) mass is 262 g/mol. The van der Waals surface area contributed by atoms with Gasteiger partial charge in [-0.1, -0.05) is 29.8 Å². The number of nitrogens with one attached hydrogen (secondary N) is 1. The van der Waals surface area contributed by atoms with Gasteiger partial charge in [-0.15, -0.1) is 0 Å². The molecular formula is C15H22N2O2. The highest BCUT2D eigenvalue weighted by molar-refractivity contribution is 5.83. The van der Waals surface area contributed by atoms with Crippen LogP contribution in [0.5, 0.6) is 0 Å². The number of benzene rings is 1. The van der Waals surface area contributed by atoms with Crippen molar-refractivity contribution in [2.75, 3.05) is 19.8 Å². The molecule has 0 radical (unpaired) electrons. The van der Waals surface area contributed by atoms with E-state index in [1.54, 1.807) is 0 Å². The number of amides is 1. The molecule has 104 valence electrons. The van der Waals surface area contributed by atoms with Gasteiger partial charge in [0, 0.05) is 26.3 Å². The lowest BCUT2D eigenvalue weighted by Gasteiger charge is -2.34. The van der Waals surface area contributed by atoms with Crippen LogP contribution in [0.15, 0.2) is 24.3 Å². The van der Waals surface area contributed by atoms with Crippen LogP contribution in [0.3, 0.4) is 0 Å². The summed E-state index contributed by atoms with van der Waals surface area (Å²) in [6, 6.07) is 8.17. The Morgan fingerprint density at radius 1 is 1.32 bits per heavy atom. The van der Waals surface area contributed by atoms with Gasteiger partial charge in [0.1, 0.15) is 0 Å². The predicted octanol–water partition coefficient (Wildman–Crippen LogP) is 1.37. The topological polar surface area (TPSA) is 64.4 Å². The second kappa shape index (κ2) is 6.17. The third-order valence-electron chi connectivity index (χ3n) is 3.90. The van der Waals surface area contributed by atoms with E-state index in [0.717, 1.165) is 5.56 Å². The van der Waals surface area contributed by atoms with Crippen LogP contribution in [-0.2, 0) is 16.1 Å². The second-order valence-electron chi connectivity index (χ2n) is 5.27. The summed E-state index contributed by atoms with van der Waals surface area (Å²) in [5.41, 5.74) is 7.70. The normalized spacial score (nSPS) is 18.0. The fourth-order valence-electron chi connectivity index (χ4n) is 2.36. The smallest absolute Gasteiger partial charge is 0.227 e. The Kier molecular flexibility index (Phi) is 4.56. The van der Waals surface area contributed by atoms with Crippen molar-refractivity contribution in [3.63, 3.8) is 0 Å². The van der Waals surface area contributed by atoms with Crippen LogP contribution < -0.4 is 11.1 Å². The molecule has 0 unspecified atom stereocenters. The van der Waals surface area contributed by atoms with Crippen LogP contribution in [0.25, 0.3) is 0 Å². The Morgan fingerprint density at radius 3 is 2.53 bits per heavy atom. The quantitative estimate of drug-likeness (QED) is 0.861. The second-order valence-corrected chi connectivity index (χ2v) is 5.27. The number of hydrogen-bond acceptors (Lipinski definition) is 3. The van der Waals surface area contributed by atoms with Crippen LogP contribution in [-0.4, -0.2) is 25.7 Å². The Morgan fingerprint density at radius 2 is 1.95 bits per heavy atom. The third kappa shape index (κ3) is 3.33. The first-order valence-electron chi connectivity index (χ1n) is 6.78. The van der Waals surface area contributed by atoms with Crippen LogP contribution in [0.2, 0.25) is 0 Å². The highest BCUT2D eigenvalue weighted by Crippen LogP contribution is 2.29. The van der Waals surface area contributed by atoms with Gasteiger partial charge < -0.3 is 15.8 Å². The van der Waals surface area contributed by atoms with E-state index in [1.165, 1.54) is 5.56 Å². The minimum atomic E-state index is -0.442. The van der Waals surface area contributed by atoms with Gasteiger partial charge in [0.2, 0.25) is 5.91 Å². The van der Waals surface area contributed by atoms with Crippen molar-refractivity contribution >= 4 is 5.91 Å². The third-order valence-corrected chi connectivity index (χ3v) is 3.90. The minimum absolute atomic E-state index is 0.0545. The van der Waals surface area contributed by atoms with Crippen molar-refractivity contribution in [2.45, 2.75) is 26.3 Å². The number of ether oxygens (including phenoxy) is 1. The SMILES string of the molecule is Cc1ccc(CNC(=O)C2(CN)CCOCC2)cc1. The summed E-state index contributed by atoms with van der Waals surface area (Å²) >= 11 is 0. The maximum absolute atomic E-state index is 12.3. The molecule has 1 aliphatic rings. The first-order valence-corrected chi connectivity index (χ1v) is 6.78. The van der Waals surface area contributed by atoms with Gasteiger partial charge in [-0.2, -0.15) is 0 Å². The standard InChI is InChI=1S/C15H22N2O2/c1-12-2-4-13(5-3-12)10-17-14(18)15(11-16)6-8-19-9-7-15/h2-5H,6-11,16H2,1H3,(H,17,18). The van der Waals surface area contributed by atoms with Crippen molar-refractivity contribution in [2.24, 2.45) is 11.1 Å². The largest absolute Gasteiger partial charge is 0.381 e. The molecule has 0 atom stereocenters. The van der Waals surface area contributed by atoms with Gasteiger partial charge in [-0.25, -0.2) is 0 Å². The van der Waals surface area contributed by atoms with Crippen molar-refractivity contribution in [3.05, 3.63) is 35.4 Å². The summed E-state index contributed by atoms with van der Waals surface area (Å²) in [6.45, 7) is 4.23. The summed E-state index contributed by atoms with van der Waals surface area (Å²) < 4.78 is 5.32. The molecule has 4 heteroatoms. The lowest BCUT2D eigenvalue weighted by Crippen LogP contribution is -2.48. The maximum atomic E-state index is 12.3. The Hall–Kier alpha value is -1.39. The van der Waals surface area contributed by atoms with Gasteiger partial charge in [0.15, 0.2) is 0 Å². The Bertz CT molecular complexity index is 422. The molecule has 1 saturated heterocycles. The molecule has 1 aliphatic heterocycles. The zero-order valence-electron chi connectivity index (χ0n) is 11.4.